The van der Waals surface area contributed by atoms with Crippen LogP contribution in [-0.2, 0) is 11.2 Å². The number of aryl methyl sites for hydroxylation is 2. The number of amides is 1. The van der Waals surface area contributed by atoms with Gasteiger partial charge in [-0.15, -0.1) is 0 Å². The maximum Gasteiger partial charge on any atom is 0.248 e. The summed E-state index contributed by atoms with van der Waals surface area (Å²) in [6.07, 6.45) is 4.25. The van der Waals surface area contributed by atoms with Gasteiger partial charge in [0.15, 0.2) is 5.43 Å². The molecule has 0 fully saturated rings. The summed E-state index contributed by atoms with van der Waals surface area (Å²) >= 11 is 0. The molecule has 0 radical (unpaired) electrons. The fourth-order valence-electron chi connectivity index (χ4n) is 2.68. The minimum Gasteiger partial charge on any atom is -0.358 e. The summed E-state index contributed by atoms with van der Waals surface area (Å²) in [5.41, 5.74) is 4.34. The van der Waals surface area contributed by atoms with E-state index in [4.69, 9.17) is 0 Å². The molecule has 3 rings (SSSR count). The number of hydrogen-bond acceptors (Lipinski definition) is 2. The summed E-state index contributed by atoms with van der Waals surface area (Å²) in [4.78, 5) is 27.3. The maximum absolute atomic E-state index is 12.1. The number of aromatic amines is 1. The highest BCUT2D eigenvalue weighted by Gasteiger charge is 2.03. The van der Waals surface area contributed by atoms with Crippen molar-refractivity contribution in [3.8, 4) is 0 Å². The topological polar surface area (TPSA) is 62.0 Å². The fourth-order valence-corrected chi connectivity index (χ4v) is 2.68. The summed E-state index contributed by atoms with van der Waals surface area (Å²) in [5.74, 6) is -0.234. The molecule has 126 valence electrons. The van der Waals surface area contributed by atoms with Gasteiger partial charge in [-0.2, -0.15) is 0 Å². The lowest BCUT2D eigenvalue weighted by molar-refractivity contribution is -0.111. The minimum absolute atomic E-state index is 0.0612. The normalized spacial score (nSPS) is 11.1. The van der Waals surface area contributed by atoms with E-state index in [1.165, 1.54) is 11.6 Å². The Kier molecular flexibility index (Phi) is 4.80. The van der Waals surface area contributed by atoms with E-state index in [9.17, 15) is 9.59 Å². The molecular formula is C21H20N2O2. The molecule has 1 amide bonds. The van der Waals surface area contributed by atoms with E-state index in [2.05, 4.69) is 29.4 Å². The van der Waals surface area contributed by atoms with Gasteiger partial charge in [-0.1, -0.05) is 31.2 Å². The Morgan fingerprint density at radius 1 is 1.12 bits per heavy atom. The van der Waals surface area contributed by atoms with Gasteiger partial charge in [-0.3, -0.25) is 9.59 Å². The number of hydrogen-bond donors (Lipinski definition) is 2. The fraction of sp³-hybridized carbons (Fsp3) is 0.143. The molecule has 1 heterocycles. The first-order chi connectivity index (χ1) is 12.0. The van der Waals surface area contributed by atoms with Crippen LogP contribution in [0.1, 0.15) is 23.7 Å². The van der Waals surface area contributed by atoms with Crippen molar-refractivity contribution in [2.45, 2.75) is 20.3 Å². The standard InChI is InChI=1S/C21H20N2O2/c1-3-15-4-6-16(7-5-15)8-11-21(25)23-17-9-10-19-18(13-17)20(24)12-14(2)22-19/h4-13H,3H2,1-2H3,(H,22,24)(H,23,25)/b11-8+. The minimum atomic E-state index is -0.234. The first-order valence-corrected chi connectivity index (χ1v) is 8.27. The zero-order valence-corrected chi connectivity index (χ0v) is 14.3. The quantitative estimate of drug-likeness (QED) is 0.708. The van der Waals surface area contributed by atoms with Gasteiger partial charge < -0.3 is 10.3 Å². The van der Waals surface area contributed by atoms with Crippen molar-refractivity contribution >= 4 is 28.6 Å². The van der Waals surface area contributed by atoms with E-state index in [-0.39, 0.29) is 11.3 Å². The zero-order chi connectivity index (χ0) is 17.8. The molecule has 0 unspecified atom stereocenters. The smallest absolute Gasteiger partial charge is 0.248 e. The molecule has 0 bridgehead atoms. The largest absolute Gasteiger partial charge is 0.358 e. The van der Waals surface area contributed by atoms with Crippen LogP contribution in [0.3, 0.4) is 0 Å². The van der Waals surface area contributed by atoms with Crippen LogP contribution in [0.25, 0.3) is 17.0 Å². The number of rotatable bonds is 4. The number of carbonyl (C=O) groups excluding carboxylic acids is 1. The van der Waals surface area contributed by atoms with Gasteiger partial charge in [0.25, 0.3) is 0 Å². The van der Waals surface area contributed by atoms with Crippen molar-refractivity contribution in [2.75, 3.05) is 5.32 Å². The highest BCUT2D eigenvalue weighted by atomic mass is 16.1. The third kappa shape index (κ3) is 4.04. The third-order valence-corrected chi connectivity index (χ3v) is 4.05. The van der Waals surface area contributed by atoms with Crippen molar-refractivity contribution in [1.29, 1.82) is 0 Å². The molecule has 25 heavy (non-hydrogen) atoms. The van der Waals surface area contributed by atoms with Crippen molar-refractivity contribution < 1.29 is 4.79 Å². The molecule has 0 saturated heterocycles. The third-order valence-electron chi connectivity index (χ3n) is 4.05. The lowest BCUT2D eigenvalue weighted by Gasteiger charge is -2.05. The molecule has 4 nitrogen and oxygen atoms in total. The Morgan fingerprint density at radius 3 is 2.60 bits per heavy atom. The zero-order valence-electron chi connectivity index (χ0n) is 14.3. The molecule has 4 heteroatoms. The Bertz CT molecular complexity index is 999. The van der Waals surface area contributed by atoms with Crippen LogP contribution in [0.4, 0.5) is 5.69 Å². The second-order valence-corrected chi connectivity index (χ2v) is 5.99. The predicted molar refractivity (Wildman–Crippen MR) is 103 cm³/mol. The molecule has 2 aromatic carbocycles. The SMILES string of the molecule is CCc1ccc(/C=C/C(=O)Nc2ccc3[nH]c(C)cc(=O)c3c2)cc1. The molecular weight excluding hydrogens is 312 g/mol. The predicted octanol–water partition coefficient (Wildman–Crippen LogP) is 4.05. The van der Waals surface area contributed by atoms with Crippen molar-refractivity contribution in [1.82, 2.24) is 4.98 Å². The number of nitrogens with one attached hydrogen (secondary N) is 2. The number of anilines is 1. The van der Waals surface area contributed by atoms with E-state index in [0.29, 0.717) is 11.1 Å². The summed E-state index contributed by atoms with van der Waals surface area (Å²) in [5, 5.41) is 3.35. The van der Waals surface area contributed by atoms with Gasteiger partial charge >= 0.3 is 0 Å². The monoisotopic (exact) mass is 332 g/mol. The van der Waals surface area contributed by atoms with E-state index in [0.717, 1.165) is 23.2 Å². The average Bonchev–Trinajstić information content (AvgIpc) is 2.61. The van der Waals surface area contributed by atoms with Crippen LogP contribution in [-0.4, -0.2) is 10.9 Å². The Hall–Kier alpha value is -3.14. The Balaban J connectivity index is 1.75. The summed E-state index contributed by atoms with van der Waals surface area (Å²) in [6.45, 7) is 3.95. The van der Waals surface area contributed by atoms with Crippen LogP contribution in [0, 0.1) is 6.92 Å². The molecule has 3 aromatic rings. The van der Waals surface area contributed by atoms with E-state index in [1.54, 1.807) is 30.3 Å². The molecule has 1 aromatic heterocycles. The summed E-state index contributed by atoms with van der Waals surface area (Å²) in [7, 11) is 0. The molecule has 0 aliphatic carbocycles. The van der Waals surface area contributed by atoms with Crippen LogP contribution >= 0.6 is 0 Å². The molecule has 0 spiro atoms. The van der Waals surface area contributed by atoms with Gasteiger partial charge in [0.1, 0.15) is 0 Å². The average molecular weight is 332 g/mol. The van der Waals surface area contributed by atoms with E-state index in [1.807, 2.05) is 19.1 Å². The molecule has 2 N–H and O–H groups in total. The van der Waals surface area contributed by atoms with Crippen LogP contribution in [0.2, 0.25) is 0 Å². The molecule has 0 atom stereocenters. The first kappa shape index (κ1) is 16.7. The summed E-state index contributed by atoms with van der Waals surface area (Å²) < 4.78 is 0. The van der Waals surface area contributed by atoms with Gasteiger partial charge in [0.2, 0.25) is 5.91 Å². The van der Waals surface area contributed by atoms with E-state index >= 15 is 0 Å². The highest BCUT2D eigenvalue weighted by Crippen LogP contribution is 2.15. The van der Waals surface area contributed by atoms with Crippen molar-refractivity contribution in [3.05, 3.63) is 81.7 Å². The highest BCUT2D eigenvalue weighted by molar-refractivity contribution is 6.02. The summed E-state index contributed by atoms with van der Waals surface area (Å²) in [6, 6.07) is 14.9. The van der Waals surface area contributed by atoms with E-state index < -0.39 is 0 Å². The van der Waals surface area contributed by atoms with Gasteiger partial charge in [-0.05, 0) is 48.7 Å². The molecule has 0 aliphatic rings. The number of fused-ring (bicyclic) bond motifs is 1. The van der Waals surface area contributed by atoms with Crippen LogP contribution < -0.4 is 10.7 Å². The number of pyridine rings is 1. The number of H-pyrrole nitrogens is 1. The Labute approximate surface area is 146 Å². The number of benzene rings is 2. The molecule has 0 saturated carbocycles. The van der Waals surface area contributed by atoms with Gasteiger partial charge in [-0.25, -0.2) is 0 Å². The van der Waals surface area contributed by atoms with Crippen LogP contribution in [0.5, 0.6) is 0 Å². The lowest BCUT2D eigenvalue weighted by Crippen LogP contribution is -2.09. The second kappa shape index (κ2) is 7.18. The van der Waals surface area contributed by atoms with Crippen molar-refractivity contribution in [3.63, 3.8) is 0 Å². The van der Waals surface area contributed by atoms with Gasteiger partial charge in [0.05, 0.1) is 0 Å². The lowest BCUT2D eigenvalue weighted by atomic mass is 10.1. The van der Waals surface area contributed by atoms with Crippen molar-refractivity contribution in [2.24, 2.45) is 0 Å². The maximum atomic E-state index is 12.1. The molecule has 0 aliphatic heterocycles. The number of carbonyl (C=O) groups is 1. The van der Waals surface area contributed by atoms with Crippen LogP contribution in [0.15, 0.2) is 59.4 Å². The first-order valence-electron chi connectivity index (χ1n) is 8.27. The number of aromatic nitrogens is 1. The second-order valence-electron chi connectivity index (χ2n) is 5.99. The Morgan fingerprint density at radius 2 is 1.88 bits per heavy atom. The van der Waals surface area contributed by atoms with Gasteiger partial charge in [0, 0.05) is 34.4 Å².